The minimum Gasteiger partial charge on any atom is -0.496 e. The quantitative estimate of drug-likeness (QED) is 0.743. The molecule has 0 fully saturated rings. The van der Waals surface area contributed by atoms with Crippen LogP contribution in [0.25, 0.3) is 0 Å². The van der Waals surface area contributed by atoms with Gasteiger partial charge in [-0.3, -0.25) is 4.79 Å². The summed E-state index contributed by atoms with van der Waals surface area (Å²) in [7, 11) is 4.89. The molecule has 0 radical (unpaired) electrons. The molecule has 1 aliphatic carbocycles. The Bertz CT molecular complexity index is 823. The smallest absolute Gasteiger partial charge is 0.166 e. The minimum absolute atomic E-state index is 0.147. The van der Waals surface area contributed by atoms with Crippen molar-refractivity contribution < 1.29 is 19.0 Å². The van der Waals surface area contributed by atoms with E-state index in [0.29, 0.717) is 23.7 Å². The molecule has 4 nitrogen and oxygen atoms in total. The Morgan fingerprint density at radius 2 is 1.62 bits per heavy atom. The SMILES string of the molecule is COc1ccc(C2CCC(=O)c3c(OC)cccc3C2(C)C)cc1OC. The van der Waals surface area contributed by atoms with Gasteiger partial charge in [-0.2, -0.15) is 0 Å². The molecule has 0 spiro atoms. The van der Waals surface area contributed by atoms with Gasteiger partial charge in [0, 0.05) is 6.42 Å². The van der Waals surface area contributed by atoms with Crippen LogP contribution >= 0.6 is 0 Å². The molecule has 0 saturated carbocycles. The molecule has 0 bridgehead atoms. The van der Waals surface area contributed by atoms with Crippen molar-refractivity contribution in [3.05, 3.63) is 53.1 Å². The summed E-state index contributed by atoms with van der Waals surface area (Å²) in [6.07, 6.45) is 1.27. The van der Waals surface area contributed by atoms with Crippen molar-refractivity contribution in [2.75, 3.05) is 21.3 Å². The number of ketones is 1. The van der Waals surface area contributed by atoms with Crippen molar-refractivity contribution in [3.8, 4) is 17.2 Å². The summed E-state index contributed by atoms with van der Waals surface area (Å²) in [6.45, 7) is 4.40. The van der Waals surface area contributed by atoms with Gasteiger partial charge in [0.25, 0.3) is 0 Å². The first-order valence-corrected chi connectivity index (χ1v) is 8.86. The molecular weight excluding hydrogens is 328 g/mol. The second-order valence-electron chi connectivity index (χ2n) is 7.23. The van der Waals surface area contributed by atoms with E-state index >= 15 is 0 Å². The molecular formula is C22H26O4. The number of rotatable bonds is 4. The predicted octanol–water partition coefficient (Wildman–Crippen LogP) is 4.75. The van der Waals surface area contributed by atoms with Crippen LogP contribution in [0.3, 0.4) is 0 Å². The van der Waals surface area contributed by atoms with Crippen molar-refractivity contribution in [2.24, 2.45) is 0 Å². The Kier molecular flexibility index (Phi) is 4.94. The number of hydrogen-bond donors (Lipinski definition) is 0. The van der Waals surface area contributed by atoms with Gasteiger partial charge >= 0.3 is 0 Å². The molecule has 1 atom stereocenters. The van der Waals surface area contributed by atoms with Crippen LogP contribution in [0.2, 0.25) is 0 Å². The van der Waals surface area contributed by atoms with E-state index in [4.69, 9.17) is 14.2 Å². The minimum atomic E-state index is -0.227. The number of fused-ring (bicyclic) bond motifs is 1. The highest BCUT2D eigenvalue weighted by molar-refractivity contribution is 6.01. The Morgan fingerprint density at radius 3 is 2.27 bits per heavy atom. The Hall–Kier alpha value is -2.49. The summed E-state index contributed by atoms with van der Waals surface area (Å²) in [5, 5.41) is 0. The molecule has 0 saturated heterocycles. The Balaban J connectivity index is 2.14. The first kappa shape index (κ1) is 18.3. The van der Waals surface area contributed by atoms with E-state index in [0.717, 1.165) is 23.1 Å². The van der Waals surface area contributed by atoms with Gasteiger partial charge in [-0.1, -0.05) is 32.0 Å². The second kappa shape index (κ2) is 7.02. The summed E-state index contributed by atoms with van der Waals surface area (Å²) < 4.78 is 16.3. The average Bonchev–Trinajstić information content (AvgIpc) is 2.76. The second-order valence-corrected chi connectivity index (χ2v) is 7.23. The topological polar surface area (TPSA) is 44.8 Å². The van der Waals surface area contributed by atoms with E-state index in [1.165, 1.54) is 0 Å². The van der Waals surface area contributed by atoms with Gasteiger partial charge < -0.3 is 14.2 Å². The molecule has 26 heavy (non-hydrogen) atoms. The highest BCUT2D eigenvalue weighted by atomic mass is 16.5. The number of benzene rings is 2. The van der Waals surface area contributed by atoms with Gasteiger partial charge in [-0.15, -0.1) is 0 Å². The molecule has 0 aromatic heterocycles. The van der Waals surface area contributed by atoms with Crippen LogP contribution < -0.4 is 14.2 Å². The number of ether oxygens (including phenoxy) is 3. The first-order valence-electron chi connectivity index (χ1n) is 8.86. The van der Waals surface area contributed by atoms with Crippen LogP contribution in [0, 0.1) is 0 Å². The fourth-order valence-electron chi connectivity index (χ4n) is 4.13. The molecule has 138 valence electrons. The molecule has 4 heteroatoms. The van der Waals surface area contributed by atoms with Crippen LogP contribution in [0.1, 0.15) is 54.1 Å². The Morgan fingerprint density at radius 1 is 0.923 bits per heavy atom. The lowest BCUT2D eigenvalue weighted by atomic mass is 9.69. The van der Waals surface area contributed by atoms with E-state index in [-0.39, 0.29) is 17.1 Å². The number of hydrogen-bond acceptors (Lipinski definition) is 4. The first-order chi connectivity index (χ1) is 12.4. The third-order valence-corrected chi connectivity index (χ3v) is 5.56. The summed E-state index contributed by atoms with van der Waals surface area (Å²) >= 11 is 0. The maximum atomic E-state index is 12.8. The molecule has 2 aromatic rings. The highest BCUT2D eigenvalue weighted by Crippen LogP contribution is 2.48. The van der Waals surface area contributed by atoms with E-state index in [1.807, 2.05) is 24.3 Å². The number of methoxy groups -OCH3 is 3. The van der Waals surface area contributed by atoms with Gasteiger partial charge in [0.05, 0.1) is 26.9 Å². The summed E-state index contributed by atoms with van der Waals surface area (Å²) in [5.74, 6) is 2.41. The van der Waals surface area contributed by atoms with E-state index < -0.39 is 0 Å². The van der Waals surface area contributed by atoms with E-state index in [2.05, 4.69) is 26.0 Å². The normalized spacial score (nSPS) is 18.7. The van der Waals surface area contributed by atoms with Crippen molar-refractivity contribution in [2.45, 2.75) is 38.0 Å². The largest absolute Gasteiger partial charge is 0.496 e. The lowest BCUT2D eigenvalue weighted by Crippen LogP contribution is -2.27. The summed E-state index contributed by atoms with van der Waals surface area (Å²) in [4.78, 5) is 12.8. The molecule has 0 N–H and O–H groups in total. The van der Waals surface area contributed by atoms with Crippen molar-refractivity contribution in [1.29, 1.82) is 0 Å². The zero-order valence-corrected chi connectivity index (χ0v) is 16.1. The zero-order chi connectivity index (χ0) is 18.9. The van der Waals surface area contributed by atoms with Gasteiger partial charge in [0.1, 0.15) is 5.75 Å². The van der Waals surface area contributed by atoms with Crippen molar-refractivity contribution in [3.63, 3.8) is 0 Å². The lowest BCUT2D eigenvalue weighted by molar-refractivity contribution is 0.0977. The van der Waals surface area contributed by atoms with Crippen LogP contribution in [-0.2, 0) is 5.41 Å². The van der Waals surface area contributed by atoms with Crippen LogP contribution in [0.4, 0.5) is 0 Å². The van der Waals surface area contributed by atoms with Gasteiger partial charge in [0.15, 0.2) is 17.3 Å². The van der Waals surface area contributed by atoms with Crippen LogP contribution in [-0.4, -0.2) is 27.1 Å². The molecule has 2 aromatic carbocycles. The average molecular weight is 354 g/mol. The highest BCUT2D eigenvalue weighted by Gasteiger charge is 2.39. The van der Waals surface area contributed by atoms with Crippen molar-refractivity contribution in [1.82, 2.24) is 0 Å². The predicted molar refractivity (Wildman–Crippen MR) is 102 cm³/mol. The third-order valence-electron chi connectivity index (χ3n) is 5.56. The van der Waals surface area contributed by atoms with Crippen molar-refractivity contribution >= 4 is 5.78 Å². The molecule has 3 rings (SSSR count). The van der Waals surface area contributed by atoms with Crippen LogP contribution in [0.5, 0.6) is 17.2 Å². The standard InChI is InChI=1S/C22H26O4/c1-22(2)15(14-9-12-18(24-3)20(13-14)26-5)10-11-17(23)21-16(22)7-6-8-19(21)25-4/h6-9,12-13,15H,10-11H2,1-5H3. The van der Waals surface area contributed by atoms with Crippen LogP contribution in [0.15, 0.2) is 36.4 Å². The lowest BCUT2D eigenvalue weighted by Gasteiger charge is -2.35. The number of carbonyl (C=O) groups excluding carboxylic acids is 1. The Labute approximate surface area is 155 Å². The molecule has 0 amide bonds. The van der Waals surface area contributed by atoms with E-state index in [1.54, 1.807) is 21.3 Å². The molecule has 1 aliphatic rings. The van der Waals surface area contributed by atoms with Gasteiger partial charge in [0.2, 0.25) is 0 Å². The fraction of sp³-hybridized carbons (Fsp3) is 0.409. The molecule has 0 heterocycles. The van der Waals surface area contributed by atoms with E-state index in [9.17, 15) is 4.79 Å². The third kappa shape index (κ3) is 2.94. The zero-order valence-electron chi connectivity index (χ0n) is 16.1. The molecule has 0 aliphatic heterocycles. The fourth-order valence-corrected chi connectivity index (χ4v) is 4.13. The van der Waals surface area contributed by atoms with Gasteiger partial charge in [-0.25, -0.2) is 0 Å². The molecule has 1 unspecified atom stereocenters. The van der Waals surface area contributed by atoms with Gasteiger partial charge in [-0.05, 0) is 47.1 Å². The maximum absolute atomic E-state index is 12.8. The monoisotopic (exact) mass is 354 g/mol. The maximum Gasteiger partial charge on any atom is 0.166 e. The number of Topliss-reactive ketones (excluding diaryl/α,β-unsaturated/α-hetero) is 1. The summed E-state index contributed by atoms with van der Waals surface area (Å²) in [6, 6.07) is 11.9. The number of carbonyl (C=O) groups is 1. The summed E-state index contributed by atoms with van der Waals surface area (Å²) in [5.41, 5.74) is 2.69.